The van der Waals surface area contributed by atoms with Crippen LogP contribution in [0.25, 0.3) is 0 Å². The molecule has 0 aliphatic rings. The van der Waals surface area contributed by atoms with Gasteiger partial charge in [0.15, 0.2) is 0 Å². The van der Waals surface area contributed by atoms with Gasteiger partial charge in [0.1, 0.15) is 0 Å². The molecule has 0 rings (SSSR count). The van der Waals surface area contributed by atoms with Gasteiger partial charge in [-0.2, -0.15) is 0 Å². The quantitative estimate of drug-likeness (QED) is 0.590. The average Bonchev–Trinajstić information content (AvgIpc) is 1.66. The summed E-state index contributed by atoms with van der Waals surface area (Å²) in [5.41, 5.74) is 0. The Balaban J connectivity index is -0.00000000462. The van der Waals surface area contributed by atoms with Crippen molar-refractivity contribution in [2.75, 3.05) is 7.11 Å². The van der Waals surface area contributed by atoms with Gasteiger partial charge < -0.3 is 20.8 Å². The fraction of sp³-hybridized carbons (Fsp3) is 0.800. The molecular formula is C10H34CuO6. The van der Waals surface area contributed by atoms with Gasteiger partial charge >= 0.3 is 0 Å². The fourth-order valence-corrected chi connectivity index (χ4v) is 0. The maximum Gasteiger partial charge on any atom is 0.300 e. The molecule has 7 heteroatoms. The van der Waals surface area contributed by atoms with Gasteiger partial charge in [0, 0.05) is 38.0 Å². The van der Waals surface area contributed by atoms with Crippen molar-refractivity contribution in [1.82, 2.24) is 0 Å². The summed E-state index contributed by atoms with van der Waals surface area (Å²) >= 11 is 0. The van der Waals surface area contributed by atoms with Gasteiger partial charge in [-0.1, -0.05) is 37.1 Å². The van der Waals surface area contributed by atoms with E-state index in [4.69, 9.17) is 24.9 Å². The van der Waals surface area contributed by atoms with E-state index in [-0.39, 0.29) is 59.7 Å². The first kappa shape index (κ1) is 95.2. The van der Waals surface area contributed by atoms with Crippen LogP contribution in [0.15, 0.2) is 0 Å². The van der Waals surface area contributed by atoms with Crippen LogP contribution in [0.3, 0.4) is 0 Å². The summed E-state index contributed by atoms with van der Waals surface area (Å²) in [6.45, 7) is 2.17. The van der Waals surface area contributed by atoms with Gasteiger partial charge in [-0.05, 0) is 0 Å². The maximum absolute atomic E-state index is 9.00. The summed E-state index contributed by atoms with van der Waals surface area (Å²) in [5, 5.41) is 21.8. The second-order valence-corrected chi connectivity index (χ2v) is 1.04. The van der Waals surface area contributed by atoms with Crippen molar-refractivity contribution < 1.29 is 47.5 Å². The van der Waals surface area contributed by atoms with Crippen molar-refractivity contribution in [2.45, 2.75) is 51.0 Å². The molecule has 0 fully saturated rings. The van der Waals surface area contributed by atoms with Gasteiger partial charge in [-0.25, -0.2) is 0 Å². The van der Waals surface area contributed by atoms with Gasteiger partial charge in [0.05, 0.1) is 0 Å². The van der Waals surface area contributed by atoms with Gasteiger partial charge in [0.25, 0.3) is 11.9 Å². The van der Waals surface area contributed by atoms with Crippen molar-refractivity contribution in [3.8, 4) is 0 Å². The molecule has 0 unspecified atom stereocenters. The largest absolute Gasteiger partial charge is 0.481 e. The van der Waals surface area contributed by atoms with Crippen molar-refractivity contribution in [3.05, 3.63) is 0 Å². The zero-order chi connectivity index (χ0) is 9.15. The molecule has 17 heavy (non-hydrogen) atoms. The van der Waals surface area contributed by atoms with Crippen LogP contribution >= 0.6 is 0 Å². The van der Waals surface area contributed by atoms with E-state index in [1.165, 1.54) is 0 Å². The Morgan fingerprint density at radius 1 is 0.706 bits per heavy atom. The standard InChI is InChI=1S/2C2H4O2.CH4O.5CH4.Cu.H2O/c2*1-2(3)4;1-2;;;;;;;/h2*1H3,(H,3,4);2H,1H3;5*1H4;;1H2. The Morgan fingerprint density at radius 3 is 0.706 bits per heavy atom. The van der Waals surface area contributed by atoms with Crippen LogP contribution in [-0.4, -0.2) is 39.8 Å². The Labute approximate surface area is 118 Å². The van der Waals surface area contributed by atoms with Crippen LogP contribution in [0.2, 0.25) is 0 Å². The molecule has 0 heterocycles. The Hall–Kier alpha value is -0.621. The first-order chi connectivity index (χ1) is 4.46. The van der Waals surface area contributed by atoms with E-state index in [1.807, 2.05) is 0 Å². The van der Waals surface area contributed by atoms with E-state index >= 15 is 0 Å². The SMILES string of the molecule is C.C.C.C.C.CC(=O)O.CC(=O)O.CO.O.[Cu]. The first-order valence-electron chi connectivity index (χ1n) is 2.30. The number of aliphatic hydroxyl groups excluding tert-OH is 1. The molecule has 0 bridgehead atoms. The van der Waals surface area contributed by atoms with E-state index < -0.39 is 11.9 Å². The molecule has 0 aliphatic heterocycles. The molecule has 0 aromatic heterocycles. The molecule has 0 aromatic rings. The molecule has 1 radical (unpaired) electrons. The molecule has 0 atom stereocenters. The third-order valence-corrected chi connectivity index (χ3v) is 0. The van der Waals surface area contributed by atoms with Gasteiger partial charge in [0.2, 0.25) is 0 Å². The number of carboxylic acids is 2. The summed E-state index contributed by atoms with van der Waals surface area (Å²) < 4.78 is 0. The van der Waals surface area contributed by atoms with Crippen molar-refractivity contribution >= 4 is 11.9 Å². The molecule has 121 valence electrons. The van der Waals surface area contributed by atoms with Crippen molar-refractivity contribution in [3.63, 3.8) is 0 Å². The van der Waals surface area contributed by atoms with Crippen LogP contribution in [0, 0.1) is 0 Å². The van der Waals surface area contributed by atoms with E-state index in [9.17, 15) is 0 Å². The summed E-state index contributed by atoms with van der Waals surface area (Å²) in [6, 6.07) is 0. The molecule has 6 nitrogen and oxygen atoms in total. The number of carboxylic acid groups (broad SMARTS) is 2. The molecule has 0 saturated carbocycles. The number of hydrogen-bond acceptors (Lipinski definition) is 3. The van der Waals surface area contributed by atoms with Gasteiger partial charge in [-0.3, -0.25) is 9.59 Å². The molecule has 0 amide bonds. The summed E-state index contributed by atoms with van der Waals surface area (Å²) in [5.74, 6) is -1.67. The normalized spacial score (nSPS) is 3.29. The van der Waals surface area contributed by atoms with Crippen LogP contribution in [0.1, 0.15) is 51.0 Å². The topological polar surface area (TPSA) is 126 Å². The maximum atomic E-state index is 9.00. The third-order valence-electron chi connectivity index (χ3n) is 0. The average molecular weight is 314 g/mol. The minimum atomic E-state index is -0.833. The van der Waals surface area contributed by atoms with Crippen LogP contribution < -0.4 is 0 Å². The second kappa shape index (κ2) is 110. The molecule has 5 N–H and O–H groups in total. The smallest absolute Gasteiger partial charge is 0.300 e. The molecule has 0 aromatic carbocycles. The number of aliphatic carboxylic acids is 2. The van der Waals surface area contributed by atoms with E-state index in [0.717, 1.165) is 21.0 Å². The van der Waals surface area contributed by atoms with Crippen LogP contribution in [0.5, 0.6) is 0 Å². The zero-order valence-corrected chi connectivity index (χ0v) is 7.90. The van der Waals surface area contributed by atoms with Crippen LogP contribution in [-0.2, 0) is 26.7 Å². The Morgan fingerprint density at radius 2 is 0.706 bits per heavy atom. The summed E-state index contributed by atoms with van der Waals surface area (Å²) in [6.07, 6.45) is 0. The number of rotatable bonds is 0. The van der Waals surface area contributed by atoms with Crippen molar-refractivity contribution in [1.29, 1.82) is 0 Å². The van der Waals surface area contributed by atoms with Gasteiger partial charge in [-0.15, -0.1) is 0 Å². The minimum Gasteiger partial charge on any atom is -0.481 e. The zero-order valence-electron chi connectivity index (χ0n) is 6.96. The number of hydrogen-bond donors (Lipinski definition) is 3. The predicted octanol–water partition coefficient (Wildman–Crippen LogP) is 2.14. The second-order valence-electron chi connectivity index (χ2n) is 1.04. The fourth-order valence-electron chi connectivity index (χ4n) is 0. The monoisotopic (exact) mass is 313 g/mol. The molecular weight excluding hydrogens is 280 g/mol. The minimum absolute atomic E-state index is 0. The molecule has 0 aliphatic carbocycles. The molecule has 0 saturated heterocycles. The third kappa shape index (κ3) is 7150. The van der Waals surface area contributed by atoms with Crippen molar-refractivity contribution in [2.24, 2.45) is 0 Å². The summed E-state index contributed by atoms with van der Waals surface area (Å²) in [7, 11) is 1.00. The van der Waals surface area contributed by atoms with E-state index in [1.54, 1.807) is 0 Å². The van der Waals surface area contributed by atoms with E-state index in [2.05, 4.69) is 0 Å². The van der Waals surface area contributed by atoms with Crippen LogP contribution in [0.4, 0.5) is 0 Å². The molecule has 0 spiro atoms. The Kier molecular flexibility index (Phi) is 615. The number of aliphatic hydroxyl groups is 1. The van der Waals surface area contributed by atoms with E-state index in [0.29, 0.717) is 0 Å². The summed E-state index contributed by atoms with van der Waals surface area (Å²) in [4.78, 5) is 18.0. The Bertz CT molecular complexity index is 78.8. The predicted molar refractivity (Wildman–Crippen MR) is 72.0 cm³/mol. The first-order valence-corrected chi connectivity index (χ1v) is 2.30. The number of carbonyl (C=O) groups is 2.